The van der Waals surface area contributed by atoms with E-state index < -0.39 is 17.4 Å². The molecule has 1 aliphatic heterocycles. The van der Waals surface area contributed by atoms with Crippen LogP contribution in [-0.2, 0) is 14.3 Å². The molecule has 30 heavy (non-hydrogen) atoms. The molecule has 1 saturated heterocycles. The van der Waals surface area contributed by atoms with Gasteiger partial charge in [-0.2, -0.15) is 0 Å². The number of esters is 1. The summed E-state index contributed by atoms with van der Waals surface area (Å²) >= 11 is 0. The van der Waals surface area contributed by atoms with E-state index in [9.17, 15) is 13.6 Å². The van der Waals surface area contributed by atoms with Crippen molar-refractivity contribution < 1.29 is 32.5 Å². The predicted octanol–water partition coefficient (Wildman–Crippen LogP) is 4.16. The standard InChI is InChI=1S/C22H25F2NO5/c1-2-28-20(26)6-4-9-29-21-18(23)11-16(12-19(21)24)17-5-3-8-25-22(17)30-14-15-7-10-27-13-15/h3,5,8,11-12,15H,2,4,6-7,9-10,13-14H2,1H3. The van der Waals surface area contributed by atoms with Gasteiger partial charge < -0.3 is 18.9 Å². The summed E-state index contributed by atoms with van der Waals surface area (Å²) in [5.74, 6) is -1.92. The zero-order valence-electron chi connectivity index (χ0n) is 16.9. The molecule has 3 rings (SSSR count). The normalized spacial score (nSPS) is 15.8. The van der Waals surface area contributed by atoms with Gasteiger partial charge in [-0.05, 0) is 49.6 Å². The zero-order valence-corrected chi connectivity index (χ0v) is 16.9. The van der Waals surface area contributed by atoms with Crippen LogP contribution in [0.4, 0.5) is 8.78 Å². The van der Waals surface area contributed by atoms with Crippen molar-refractivity contribution in [1.29, 1.82) is 0 Å². The quantitative estimate of drug-likeness (QED) is 0.424. The average molecular weight is 421 g/mol. The van der Waals surface area contributed by atoms with Gasteiger partial charge in [-0.25, -0.2) is 13.8 Å². The number of hydrogen-bond acceptors (Lipinski definition) is 6. The van der Waals surface area contributed by atoms with E-state index in [0.717, 1.165) is 6.42 Å². The fourth-order valence-electron chi connectivity index (χ4n) is 3.11. The molecule has 0 aliphatic carbocycles. The number of rotatable bonds is 10. The second-order valence-electron chi connectivity index (χ2n) is 6.92. The number of carbonyl (C=O) groups is 1. The summed E-state index contributed by atoms with van der Waals surface area (Å²) < 4.78 is 50.2. The minimum Gasteiger partial charge on any atom is -0.488 e. The lowest BCUT2D eigenvalue weighted by atomic mass is 10.1. The van der Waals surface area contributed by atoms with Crippen LogP contribution in [0, 0.1) is 17.6 Å². The third kappa shape index (κ3) is 5.89. The van der Waals surface area contributed by atoms with E-state index in [-0.39, 0.29) is 24.9 Å². The van der Waals surface area contributed by atoms with Crippen LogP contribution in [0.1, 0.15) is 26.2 Å². The summed E-state index contributed by atoms with van der Waals surface area (Å²) in [6.07, 6.45) is 2.90. The molecule has 162 valence electrons. The van der Waals surface area contributed by atoms with E-state index in [1.807, 2.05) is 0 Å². The molecule has 0 N–H and O–H groups in total. The lowest BCUT2D eigenvalue weighted by Crippen LogP contribution is -2.12. The SMILES string of the molecule is CCOC(=O)CCCOc1c(F)cc(-c2cccnc2OCC2CCOC2)cc1F. The van der Waals surface area contributed by atoms with Crippen molar-refractivity contribution in [1.82, 2.24) is 4.98 Å². The van der Waals surface area contributed by atoms with Gasteiger partial charge in [0.2, 0.25) is 5.88 Å². The van der Waals surface area contributed by atoms with Gasteiger partial charge in [0.15, 0.2) is 17.4 Å². The molecule has 0 bridgehead atoms. The number of aromatic nitrogens is 1. The highest BCUT2D eigenvalue weighted by atomic mass is 19.1. The number of nitrogens with zero attached hydrogens (tertiary/aromatic N) is 1. The van der Waals surface area contributed by atoms with E-state index in [1.54, 1.807) is 25.3 Å². The zero-order chi connectivity index (χ0) is 21.3. The Morgan fingerprint density at radius 2 is 2.07 bits per heavy atom. The van der Waals surface area contributed by atoms with Gasteiger partial charge in [0.1, 0.15) is 0 Å². The average Bonchev–Trinajstić information content (AvgIpc) is 3.25. The van der Waals surface area contributed by atoms with Gasteiger partial charge in [0, 0.05) is 30.7 Å². The molecule has 0 saturated carbocycles. The van der Waals surface area contributed by atoms with Crippen LogP contribution in [0.3, 0.4) is 0 Å². The third-order valence-corrected chi connectivity index (χ3v) is 4.64. The molecule has 1 aromatic carbocycles. The van der Waals surface area contributed by atoms with Gasteiger partial charge in [0.25, 0.3) is 0 Å². The molecular formula is C22H25F2NO5. The third-order valence-electron chi connectivity index (χ3n) is 4.64. The first kappa shape index (κ1) is 22.0. The molecule has 2 heterocycles. The first-order chi connectivity index (χ1) is 14.6. The smallest absolute Gasteiger partial charge is 0.305 e. The summed E-state index contributed by atoms with van der Waals surface area (Å²) in [4.78, 5) is 15.5. The lowest BCUT2D eigenvalue weighted by molar-refractivity contribution is -0.143. The monoisotopic (exact) mass is 421 g/mol. The Kier molecular flexibility index (Phi) is 7.96. The van der Waals surface area contributed by atoms with Crippen molar-refractivity contribution in [3.05, 3.63) is 42.1 Å². The molecule has 8 heteroatoms. The molecule has 0 radical (unpaired) electrons. The van der Waals surface area contributed by atoms with Crippen LogP contribution in [0.15, 0.2) is 30.5 Å². The summed E-state index contributed by atoms with van der Waals surface area (Å²) in [5, 5.41) is 0. The second-order valence-corrected chi connectivity index (χ2v) is 6.92. The summed E-state index contributed by atoms with van der Waals surface area (Å²) in [7, 11) is 0. The van der Waals surface area contributed by atoms with Crippen LogP contribution >= 0.6 is 0 Å². The molecule has 1 unspecified atom stereocenters. The highest BCUT2D eigenvalue weighted by Crippen LogP contribution is 2.33. The molecule has 1 aliphatic rings. The first-order valence-corrected chi connectivity index (χ1v) is 10.0. The van der Waals surface area contributed by atoms with Gasteiger partial charge in [-0.1, -0.05) is 0 Å². The Labute approximate surface area is 174 Å². The summed E-state index contributed by atoms with van der Waals surface area (Å²) in [5.41, 5.74) is 0.790. The fourth-order valence-corrected chi connectivity index (χ4v) is 3.11. The van der Waals surface area contributed by atoms with Crippen molar-refractivity contribution in [3.8, 4) is 22.8 Å². The minimum atomic E-state index is -0.833. The van der Waals surface area contributed by atoms with Gasteiger partial charge in [0.05, 0.1) is 26.4 Å². The number of benzene rings is 1. The number of halogens is 2. The Balaban J connectivity index is 1.66. The molecule has 2 aromatic rings. The lowest BCUT2D eigenvalue weighted by Gasteiger charge is -2.14. The van der Waals surface area contributed by atoms with Crippen LogP contribution in [0.5, 0.6) is 11.6 Å². The molecule has 0 spiro atoms. The van der Waals surface area contributed by atoms with Crippen molar-refractivity contribution >= 4 is 5.97 Å². The highest BCUT2D eigenvalue weighted by Gasteiger charge is 2.19. The number of carbonyl (C=O) groups excluding carboxylic acids is 1. The summed E-state index contributed by atoms with van der Waals surface area (Å²) in [6, 6.07) is 5.75. The van der Waals surface area contributed by atoms with Crippen molar-refractivity contribution in [2.24, 2.45) is 5.92 Å². The minimum absolute atomic E-state index is 0.00326. The molecular weight excluding hydrogens is 396 g/mol. The molecule has 1 fully saturated rings. The van der Waals surface area contributed by atoms with Gasteiger partial charge in [-0.3, -0.25) is 4.79 Å². The maximum atomic E-state index is 14.5. The second kappa shape index (κ2) is 10.9. The Bertz CT molecular complexity index is 832. The van der Waals surface area contributed by atoms with Gasteiger partial charge in [-0.15, -0.1) is 0 Å². The molecule has 6 nitrogen and oxygen atoms in total. The first-order valence-electron chi connectivity index (χ1n) is 10.0. The largest absolute Gasteiger partial charge is 0.488 e. The van der Waals surface area contributed by atoms with Crippen LogP contribution in [-0.4, -0.2) is 44.0 Å². The Morgan fingerprint density at radius 3 is 2.77 bits per heavy atom. The molecule has 1 atom stereocenters. The van der Waals surface area contributed by atoms with E-state index in [4.69, 9.17) is 18.9 Å². The Hall–Kier alpha value is -2.74. The summed E-state index contributed by atoms with van der Waals surface area (Å²) in [6.45, 7) is 3.77. The molecule has 1 aromatic heterocycles. The molecule has 0 amide bonds. The van der Waals surface area contributed by atoms with E-state index in [0.29, 0.717) is 49.9 Å². The van der Waals surface area contributed by atoms with Crippen molar-refractivity contribution in [2.45, 2.75) is 26.2 Å². The number of ether oxygens (including phenoxy) is 4. The van der Waals surface area contributed by atoms with E-state index in [1.165, 1.54) is 12.1 Å². The van der Waals surface area contributed by atoms with Crippen molar-refractivity contribution in [3.63, 3.8) is 0 Å². The van der Waals surface area contributed by atoms with Crippen LogP contribution < -0.4 is 9.47 Å². The number of hydrogen-bond donors (Lipinski definition) is 0. The predicted molar refractivity (Wildman–Crippen MR) is 105 cm³/mol. The van der Waals surface area contributed by atoms with Crippen LogP contribution in [0.25, 0.3) is 11.1 Å². The van der Waals surface area contributed by atoms with Crippen LogP contribution in [0.2, 0.25) is 0 Å². The fraction of sp³-hybridized carbons (Fsp3) is 0.455. The van der Waals surface area contributed by atoms with E-state index in [2.05, 4.69) is 4.98 Å². The maximum Gasteiger partial charge on any atom is 0.305 e. The van der Waals surface area contributed by atoms with Gasteiger partial charge >= 0.3 is 5.97 Å². The number of pyridine rings is 1. The highest BCUT2D eigenvalue weighted by molar-refractivity contribution is 5.70. The van der Waals surface area contributed by atoms with E-state index >= 15 is 0 Å². The Morgan fingerprint density at radius 1 is 1.27 bits per heavy atom. The topological polar surface area (TPSA) is 66.9 Å². The maximum absolute atomic E-state index is 14.5. The van der Waals surface area contributed by atoms with Crippen molar-refractivity contribution in [2.75, 3.05) is 33.0 Å².